The second-order valence-electron chi connectivity index (χ2n) is 16.3. The Bertz CT molecular complexity index is 2710. The largest absolute Gasteiger partial charge is 0.454 e. The number of ether oxygens (including phenoxy) is 6. The predicted molar refractivity (Wildman–Crippen MR) is 237 cm³/mol. The third-order valence-corrected chi connectivity index (χ3v) is 13.5. The number of halogens is 2. The van der Waals surface area contributed by atoms with E-state index >= 15 is 8.78 Å². The monoisotopic (exact) mass is 974 g/mol. The van der Waals surface area contributed by atoms with Gasteiger partial charge >= 0.3 is 25.2 Å². The number of nitrogens with zero attached hydrogens (tertiary/aromatic N) is 1. The van der Waals surface area contributed by atoms with Crippen molar-refractivity contribution in [3.05, 3.63) is 118 Å². The van der Waals surface area contributed by atoms with Crippen LogP contribution in [0.5, 0.6) is 23.0 Å². The highest BCUT2D eigenvalue weighted by Crippen LogP contribution is 2.67. The summed E-state index contributed by atoms with van der Waals surface area (Å²) in [5.74, 6) is -3.00. The van der Waals surface area contributed by atoms with Crippen molar-refractivity contribution >= 4 is 54.4 Å². The molecule has 4 heterocycles. The lowest BCUT2D eigenvalue weighted by molar-refractivity contribution is -0.128. The maximum Gasteiger partial charge on any atom is 0.410 e. The van der Waals surface area contributed by atoms with Crippen molar-refractivity contribution in [2.24, 2.45) is 5.73 Å². The van der Waals surface area contributed by atoms with Gasteiger partial charge in [-0.3, -0.25) is 37.7 Å². The maximum absolute atomic E-state index is 16.4. The van der Waals surface area contributed by atoms with Gasteiger partial charge in [0.1, 0.15) is 12.1 Å². The van der Waals surface area contributed by atoms with Crippen molar-refractivity contribution in [3.63, 3.8) is 0 Å². The Morgan fingerprint density at radius 1 is 0.841 bits per heavy atom. The summed E-state index contributed by atoms with van der Waals surface area (Å²) in [5, 5.41) is 5.61. The van der Waals surface area contributed by atoms with Gasteiger partial charge in [-0.1, -0.05) is 42.5 Å². The van der Waals surface area contributed by atoms with Crippen LogP contribution >= 0.6 is 7.60 Å². The molecule has 0 fully saturated rings. The lowest BCUT2D eigenvalue weighted by Gasteiger charge is -2.28. The van der Waals surface area contributed by atoms with E-state index in [1.807, 2.05) is 18.2 Å². The van der Waals surface area contributed by atoms with Gasteiger partial charge in [-0.2, -0.15) is 8.78 Å². The van der Waals surface area contributed by atoms with E-state index in [0.717, 1.165) is 23.3 Å². The van der Waals surface area contributed by atoms with Crippen molar-refractivity contribution in [3.8, 4) is 23.0 Å². The summed E-state index contributed by atoms with van der Waals surface area (Å²) in [5.41, 5.74) is 2.64. The van der Waals surface area contributed by atoms with Gasteiger partial charge in [0.15, 0.2) is 23.0 Å². The van der Waals surface area contributed by atoms with E-state index in [9.17, 15) is 33.3 Å². The number of anilines is 1. The van der Waals surface area contributed by atoms with Crippen molar-refractivity contribution in [2.75, 3.05) is 32.1 Å². The van der Waals surface area contributed by atoms with Crippen LogP contribution in [-0.4, -0.2) is 80.9 Å². The molecule has 0 saturated heterocycles. The molecule has 0 aliphatic carbocycles. The fraction of sp³-hybridized carbons (Fsp3) is 0.319. The Morgan fingerprint density at radius 3 is 2.00 bits per heavy atom. The minimum Gasteiger partial charge on any atom is -0.454 e. The average Bonchev–Trinajstić information content (AvgIpc) is 4.09. The van der Waals surface area contributed by atoms with Crippen LogP contribution in [-0.2, 0) is 60.8 Å². The number of benzene rings is 4. The fourth-order valence-electron chi connectivity index (χ4n) is 8.04. The van der Waals surface area contributed by atoms with Crippen LogP contribution in [0.3, 0.4) is 0 Å². The van der Waals surface area contributed by atoms with Crippen LogP contribution in [0, 0.1) is 0 Å². The molecule has 4 N–H and O–H groups in total. The Morgan fingerprint density at radius 2 is 1.41 bits per heavy atom. The second-order valence-corrected chi connectivity index (χ2v) is 18.4. The van der Waals surface area contributed by atoms with E-state index in [-0.39, 0.29) is 61.0 Å². The summed E-state index contributed by atoms with van der Waals surface area (Å²) in [7, 11) is -5.74. The number of carbonyl (C=O) groups is 6. The van der Waals surface area contributed by atoms with E-state index in [2.05, 4.69) is 10.6 Å². The van der Waals surface area contributed by atoms with Crippen LogP contribution in [0.15, 0.2) is 84.9 Å². The van der Waals surface area contributed by atoms with Gasteiger partial charge in [0.2, 0.25) is 50.8 Å². The van der Waals surface area contributed by atoms with Gasteiger partial charge in [0.25, 0.3) is 0 Å². The van der Waals surface area contributed by atoms with Gasteiger partial charge in [-0.05, 0) is 91.8 Å². The number of fused-ring (bicyclic) bond motifs is 2. The van der Waals surface area contributed by atoms with Gasteiger partial charge in [-0.25, -0.2) is 9.59 Å². The molecule has 19 nitrogen and oxygen atoms in total. The van der Waals surface area contributed by atoms with Crippen LogP contribution in [0.2, 0.25) is 0 Å². The molecule has 0 saturated carbocycles. The third kappa shape index (κ3) is 10.4. The van der Waals surface area contributed by atoms with E-state index in [0.29, 0.717) is 35.6 Å². The molecule has 8 rings (SSSR count). The number of hydrogen-bond donors (Lipinski definition) is 3. The van der Waals surface area contributed by atoms with E-state index in [4.69, 9.17) is 43.2 Å². The summed E-state index contributed by atoms with van der Waals surface area (Å²) in [4.78, 5) is 79.6. The number of amides is 4. The zero-order chi connectivity index (χ0) is 49.0. The van der Waals surface area contributed by atoms with E-state index < -0.39 is 86.1 Å². The van der Waals surface area contributed by atoms with Gasteiger partial charge in [0.05, 0.1) is 16.8 Å². The maximum atomic E-state index is 16.4. The van der Waals surface area contributed by atoms with Crippen molar-refractivity contribution in [1.82, 2.24) is 10.6 Å². The fourth-order valence-corrected chi connectivity index (χ4v) is 9.29. The molecule has 0 spiro atoms. The number of primary amides is 1. The number of nitrogens with one attached hydrogen (secondary N) is 2. The summed E-state index contributed by atoms with van der Waals surface area (Å²) in [6.45, 7) is 0.532. The zero-order valence-electron chi connectivity index (χ0n) is 37.0. The summed E-state index contributed by atoms with van der Waals surface area (Å²) >= 11 is 0. The van der Waals surface area contributed by atoms with Gasteiger partial charge in [0, 0.05) is 30.5 Å². The average molecular weight is 975 g/mol. The molecule has 4 aliphatic rings. The molecule has 4 amide bonds. The summed E-state index contributed by atoms with van der Waals surface area (Å²) in [6.07, 6.45) is 2.44. The first-order valence-corrected chi connectivity index (χ1v) is 23.1. The number of para-hydroxylation sites is 1. The molecule has 0 aromatic heterocycles. The molecule has 4 aromatic rings. The molecular formula is C47H45F2N4O15P. The quantitative estimate of drug-likeness (QED) is 0.0475. The Kier molecular flexibility index (Phi) is 14.0. The first kappa shape index (κ1) is 48.1. The van der Waals surface area contributed by atoms with Crippen LogP contribution in [0.1, 0.15) is 76.1 Å². The Labute approximate surface area is 392 Å². The molecule has 0 bridgehead atoms. The van der Waals surface area contributed by atoms with Crippen LogP contribution < -0.4 is 40.2 Å². The number of rotatable bonds is 18. The highest BCUT2D eigenvalue weighted by atomic mass is 31.2. The molecular weight excluding hydrogens is 929 g/mol. The highest BCUT2D eigenvalue weighted by molar-refractivity contribution is 7.54. The smallest absolute Gasteiger partial charge is 0.410 e. The third-order valence-electron chi connectivity index (χ3n) is 11.7. The van der Waals surface area contributed by atoms with Crippen molar-refractivity contribution in [2.45, 2.75) is 69.7 Å². The van der Waals surface area contributed by atoms with Gasteiger partial charge < -0.3 is 44.8 Å². The summed E-state index contributed by atoms with van der Waals surface area (Å²) < 4.78 is 87.9. The number of allylic oxidation sites excluding steroid dienone is 1. The van der Waals surface area contributed by atoms with Gasteiger partial charge in [-0.15, -0.1) is 0 Å². The molecule has 69 heavy (non-hydrogen) atoms. The van der Waals surface area contributed by atoms with Crippen LogP contribution in [0.4, 0.5) is 14.5 Å². The molecule has 4 aromatic carbocycles. The minimum absolute atomic E-state index is 0.0637. The standard InChI is InChI=1S/C47H45F2N4O15P/c1-26(18-41(55)52-34-14-9-29-4-3-5-30-19-35(53(42(29)30)44(34)57)43(56)51-27(2)6-17-40(50)54)28-7-12-33(13-8-28)47(48,49)69(60,67-24-65-45(58)31-10-15-36-38(20-31)63-22-61-36)68-25-66-46(59)32-11-16-37-39(21-32)64-23-62-37/h3-5,7-8,10-13,15-16,18,20-21,27,34-35H,6,9,14,17,19,22-25H2,1-2H3,(H2,50,54)(H,51,56)(H,52,55)/b26-18+/t27?,34-,35?/m0/s1. The molecule has 362 valence electrons. The number of aryl methyl sites for hydroxylation is 1. The number of hydrogen-bond acceptors (Lipinski definition) is 15. The summed E-state index contributed by atoms with van der Waals surface area (Å²) in [6, 6.07) is 15.6. The SMILES string of the molecule is C/C(=C\C(=O)N[C@H]1CCc2cccc3c2N(C1=O)C(C(=O)NC(C)CCC(N)=O)C3)c1ccc(C(F)(F)P(=O)(OCOC(=O)c2ccc3c(c2)OCO3)OCOC(=O)c2ccc3c(c2)OCO3)cc1. The first-order valence-electron chi connectivity index (χ1n) is 21.5. The topological polar surface area (TPSA) is 247 Å². The number of nitrogens with two attached hydrogens (primary N) is 1. The number of alkyl halides is 2. The van der Waals surface area contributed by atoms with E-state index in [1.165, 1.54) is 66.4 Å². The molecule has 22 heteroatoms. The Balaban J connectivity index is 0.943. The molecule has 4 aliphatic heterocycles. The number of esters is 2. The number of carbonyl (C=O) groups excluding carboxylic acids is 6. The molecule has 3 atom stereocenters. The first-order chi connectivity index (χ1) is 33.0. The lowest BCUT2D eigenvalue weighted by atomic mass is 10.0. The van der Waals surface area contributed by atoms with E-state index in [1.54, 1.807) is 6.92 Å². The zero-order valence-corrected chi connectivity index (χ0v) is 37.9. The molecule has 2 unspecified atom stereocenters. The normalized spacial score (nSPS) is 17.4. The lowest BCUT2D eigenvalue weighted by Crippen LogP contribution is -2.55. The predicted octanol–water partition coefficient (Wildman–Crippen LogP) is 5.61. The second kappa shape index (κ2) is 20.1. The van der Waals surface area contributed by atoms with Crippen molar-refractivity contribution in [1.29, 1.82) is 0 Å². The van der Waals surface area contributed by atoms with Crippen LogP contribution in [0.25, 0.3) is 5.57 Å². The minimum atomic E-state index is -5.74. The van der Waals surface area contributed by atoms with Crippen molar-refractivity contribution < 1.29 is 79.6 Å². The molecule has 0 radical (unpaired) electrons. The Hall–Kier alpha value is -7.35. The highest BCUT2D eigenvalue weighted by Gasteiger charge is 2.56.